The van der Waals surface area contributed by atoms with Crippen molar-refractivity contribution in [2.45, 2.75) is 6.36 Å². The molecule has 1 aliphatic rings. The molecule has 0 radical (unpaired) electrons. The van der Waals surface area contributed by atoms with Gasteiger partial charge in [0.15, 0.2) is 0 Å². The molecule has 2 rings (SSSR count). The topological polar surface area (TPSA) is 12.2 Å². The third kappa shape index (κ3) is 2.59. The summed E-state index contributed by atoms with van der Waals surface area (Å²) in [5.74, 6) is -0.233. The van der Waals surface area contributed by atoms with E-state index in [1.54, 1.807) is 6.20 Å². The zero-order valence-electron chi connectivity index (χ0n) is 7.28. The van der Waals surface area contributed by atoms with Gasteiger partial charge in [0.1, 0.15) is 5.75 Å². The minimum absolute atomic E-state index is 0.233. The highest BCUT2D eigenvalue weighted by Gasteiger charge is 2.31. The first-order valence-corrected chi connectivity index (χ1v) is 4.36. The lowest BCUT2D eigenvalue weighted by Gasteiger charge is -2.11. The van der Waals surface area contributed by atoms with Crippen molar-refractivity contribution in [2.24, 2.45) is 0 Å². The summed E-state index contributed by atoms with van der Waals surface area (Å²) in [6.45, 7) is 0. The Hall–Kier alpha value is -1.30. The van der Waals surface area contributed by atoms with Crippen molar-refractivity contribution in [2.75, 3.05) is 0 Å². The van der Waals surface area contributed by atoms with Crippen LogP contribution in [0.5, 0.6) is 5.75 Å². The van der Waals surface area contributed by atoms with Crippen LogP contribution in [0.25, 0.3) is 5.70 Å². The fourth-order valence-corrected chi connectivity index (χ4v) is 1.32. The van der Waals surface area contributed by atoms with E-state index in [-0.39, 0.29) is 5.75 Å². The van der Waals surface area contributed by atoms with Crippen LogP contribution in [0.15, 0.2) is 30.5 Å². The highest BCUT2D eigenvalue weighted by molar-refractivity contribution is 7.57. The predicted octanol–water partition coefficient (Wildman–Crippen LogP) is 2.66. The van der Waals surface area contributed by atoms with Crippen LogP contribution < -0.4 is 4.74 Å². The van der Waals surface area contributed by atoms with E-state index in [1.807, 2.05) is 0 Å². The molecule has 1 aromatic carbocycles. The summed E-state index contributed by atoms with van der Waals surface area (Å²) in [6.07, 6.45) is -2.95. The van der Waals surface area contributed by atoms with Gasteiger partial charge in [0.05, 0.1) is 0 Å². The molecule has 0 aliphatic carbocycles. The molecule has 6 heteroatoms. The molecule has 0 saturated heterocycles. The Morgan fingerprint density at radius 3 is 2.07 bits per heavy atom. The van der Waals surface area contributed by atoms with Gasteiger partial charge in [-0.2, -0.15) is 0 Å². The molecule has 0 unspecified atom stereocenters. The molecule has 0 saturated carbocycles. The van der Waals surface area contributed by atoms with Crippen LogP contribution in [-0.4, -0.2) is 10.7 Å². The van der Waals surface area contributed by atoms with Crippen molar-refractivity contribution in [1.29, 1.82) is 0 Å². The molecule has 1 aliphatic heterocycles. The van der Waals surface area contributed by atoms with Gasteiger partial charge >= 0.3 is 6.36 Å². The van der Waals surface area contributed by atoms with Crippen LogP contribution in [0.1, 0.15) is 5.56 Å². The lowest BCUT2D eigenvalue weighted by atomic mass is 10.2. The average Bonchev–Trinajstić information content (AvgIpc) is 2.81. The molecule has 0 bridgehead atoms. The monoisotopic (exact) mass is 232 g/mol. The Bertz CT molecular complexity index is 399. The number of benzene rings is 1. The number of alkyl halides is 3. The molecule has 1 aromatic rings. The van der Waals surface area contributed by atoms with Crippen LogP contribution >= 0.6 is 0 Å². The number of nitrogens with zero attached hydrogens (tertiary/aromatic N) is 1. The molecular formula is C9H5F3NOS-. The van der Waals surface area contributed by atoms with E-state index in [0.717, 1.165) is 11.3 Å². The van der Waals surface area contributed by atoms with Gasteiger partial charge < -0.3 is 21.9 Å². The van der Waals surface area contributed by atoms with Crippen molar-refractivity contribution in [3.63, 3.8) is 0 Å². The van der Waals surface area contributed by atoms with Crippen molar-refractivity contribution in [3.05, 3.63) is 36.0 Å². The normalized spacial score (nSPS) is 14.9. The van der Waals surface area contributed by atoms with Gasteiger partial charge in [-0.05, 0) is 29.8 Å². The van der Waals surface area contributed by atoms with Gasteiger partial charge in [-0.1, -0.05) is 0 Å². The quantitative estimate of drug-likeness (QED) is 0.727. The predicted molar refractivity (Wildman–Crippen MR) is 50.3 cm³/mol. The van der Waals surface area contributed by atoms with E-state index in [2.05, 4.69) is 4.74 Å². The second-order valence-corrected chi connectivity index (χ2v) is 3.31. The molecule has 0 amide bonds. The van der Waals surface area contributed by atoms with E-state index in [0.29, 0.717) is 0 Å². The summed E-state index contributed by atoms with van der Waals surface area (Å²) < 4.78 is 40.6. The highest BCUT2D eigenvalue weighted by Crippen LogP contribution is 2.32. The van der Waals surface area contributed by atoms with Gasteiger partial charge in [-0.25, -0.2) is 0 Å². The first-order chi connectivity index (χ1) is 6.96. The maximum absolute atomic E-state index is 11.8. The van der Waals surface area contributed by atoms with E-state index in [9.17, 15) is 13.2 Å². The highest BCUT2D eigenvalue weighted by atomic mass is 32.1. The molecule has 0 N–H and O–H groups in total. The van der Waals surface area contributed by atoms with Crippen LogP contribution in [0.2, 0.25) is 0 Å². The van der Waals surface area contributed by atoms with Gasteiger partial charge in [0, 0.05) is 11.9 Å². The van der Waals surface area contributed by atoms with Crippen molar-refractivity contribution in [1.82, 2.24) is 4.31 Å². The Balaban J connectivity index is 2.08. The summed E-state index contributed by atoms with van der Waals surface area (Å²) in [5, 5.41) is 0. The summed E-state index contributed by atoms with van der Waals surface area (Å²) >= 11 is 4.78. The second kappa shape index (κ2) is 3.37. The average molecular weight is 232 g/mol. The van der Waals surface area contributed by atoms with Gasteiger partial charge in [-0.15, -0.1) is 13.2 Å². The minimum Gasteiger partial charge on any atom is -0.661 e. The number of ether oxygens (including phenoxy) is 1. The third-order valence-electron chi connectivity index (χ3n) is 1.79. The number of rotatable bonds is 2. The standard InChI is InChI=1S/C9H5F3NOS/c10-9(11,12)14-7-3-1-6(2-4-7)8-5-13(8)15/h1-5H/q-1. The van der Waals surface area contributed by atoms with Crippen LogP contribution in [-0.2, 0) is 12.8 Å². The third-order valence-corrected chi connectivity index (χ3v) is 2.10. The zero-order valence-corrected chi connectivity index (χ0v) is 8.10. The Morgan fingerprint density at radius 1 is 1.13 bits per heavy atom. The van der Waals surface area contributed by atoms with Gasteiger partial charge in [0.25, 0.3) is 0 Å². The molecule has 0 aromatic heterocycles. The molecule has 80 valence electrons. The van der Waals surface area contributed by atoms with Gasteiger partial charge in [-0.3, -0.25) is 0 Å². The van der Waals surface area contributed by atoms with Crippen molar-refractivity contribution >= 4 is 18.5 Å². The van der Waals surface area contributed by atoms with Gasteiger partial charge in [0.2, 0.25) is 0 Å². The molecular weight excluding hydrogens is 227 g/mol. The molecule has 0 atom stereocenters. The minimum atomic E-state index is -4.65. The van der Waals surface area contributed by atoms with E-state index >= 15 is 0 Å². The SMILES string of the molecule is FC(F)(F)Oc1ccc(C2=CN2[S-])cc1. The molecule has 0 spiro atoms. The van der Waals surface area contributed by atoms with Crippen molar-refractivity contribution < 1.29 is 17.9 Å². The lowest BCUT2D eigenvalue weighted by molar-refractivity contribution is -0.274. The number of hydrogen-bond acceptors (Lipinski definition) is 3. The lowest BCUT2D eigenvalue weighted by Crippen LogP contribution is -2.16. The Morgan fingerprint density at radius 2 is 1.67 bits per heavy atom. The molecule has 15 heavy (non-hydrogen) atoms. The Labute approximate surface area is 89.5 Å². The first kappa shape index (κ1) is 10.2. The summed E-state index contributed by atoms with van der Waals surface area (Å²) in [5.41, 5.74) is 1.60. The summed E-state index contributed by atoms with van der Waals surface area (Å²) in [4.78, 5) is 0. The maximum Gasteiger partial charge on any atom is 0.573 e. The molecule has 2 nitrogen and oxygen atoms in total. The fraction of sp³-hybridized carbons (Fsp3) is 0.111. The number of halogens is 3. The molecule has 1 heterocycles. The first-order valence-electron chi connectivity index (χ1n) is 4.00. The van der Waals surface area contributed by atoms with Crippen LogP contribution in [0, 0.1) is 0 Å². The smallest absolute Gasteiger partial charge is 0.573 e. The zero-order chi connectivity index (χ0) is 11.1. The van der Waals surface area contributed by atoms with Crippen LogP contribution in [0.3, 0.4) is 0 Å². The Kier molecular flexibility index (Phi) is 2.30. The summed E-state index contributed by atoms with van der Waals surface area (Å²) in [7, 11) is 0. The largest absolute Gasteiger partial charge is 0.661 e. The fourth-order valence-electron chi connectivity index (χ4n) is 1.11. The summed E-state index contributed by atoms with van der Waals surface area (Å²) in [6, 6.07) is 5.56. The second-order valence-electron chi connectivity index (χ2n) is 2.91. The van der Waals surface area contributed by atoms with Crippen LogP contribution in [0.4, 0.5) is 13.2 Å². The maximum atomic E-state index is 11.8. The van der Waals surface area contributed by atoms with E-state index in [4.69, 9.17) is 12.8 Å². The molecule has 0 fully saturated rings. The number of hydrogen-bond donors (Lipinski definition) is 0. The van der Waals surface area contributed by atoms with Crippen molar-refractivity contribution in [3.8, 4) is 5.75 Å². The van der Waals surface area contributed by atoms with E-state index < -0.39 is 6.36 Å². The van der Waals surface area contributed by atoms with E-state index in [1.165, 1.54) is 28.6 Å².